The first-order valence-electron chi connectivity index (χ1n) is 14.5. The summed E-state index contributed by atoms with van der Waals surface area (Å²) in [4.78, 5) is 21.4. The zero-order chi connectivity index (χ0) is 29.0. The molecule has 0 radical (unpaired) electrons. The lowest BCUT2D eigenvalue weighted by Gasteiger charge is -2.18. The molecule has 2 aromatic heterocycles. The number of hydrogen-bond acceptors (Lipinski definition) is 11. The highest BCUT2D eigenvalue weighted by Crippen LogP contribution is 2.44. The molecule has 0 aromatic carbocycles. The second kappa shape index (κ2) is 16.5. The molecule has 1 aliphatic rings. The van der Waals surface area contributed by atoms with E-state index in [4.69, 9.17) is 19.5 Å². The number of nitrogens with zero attached hydrogens (tertiary/aromatic N) is 4. The Morgan fingerprint density at radius 1 is 0.950 bits per heavy atom. The lowest BCUT2D eigenvalue weighted by Crippen LogP contribution is -2.33. The first-order chi connectivity index (χ1) is 19.2. The lowest BCUT2D eigenvalue weighted by molar-refractivity contribution is -0.272. The third kappa shape index (κ3) is 9.90. The summed E-state index contributed by atoms with van der Waals surface area (Å²) < 4.78 is 29.2. The van der Waals surface area contributed by atoms with Gasteiger partial charge >= 0.3 is 7.82 Å². The fourth-order valence-electron chi connectivity index (χ4n) is 4.87. The van der Waals surface area contributed by atoms with Crippen LogP contribution in [0.25, 0.3) is 11.2 Å². The predicted octanol–water partition coefficient (Wildman–Crippen LogP) is 3.72. The largest absolute Gasteiger partial charge is 0.857 e. The summed E-state index contributed by atoms with van der Waals surface area (Å²) >= 11 is 0. The minimum atomic E-state index is -4.38. The van der Waals surface area contributed by atoms with Crippen LogP contribution in [0.15, 0.2) is 6.33 Å². The summed E-state index contributed by atoms with van der Waals surface area (Å²) in [6.07, 6.45) is 12.9. The van der Waals surface area contributed by atoms with Crippen molar-refractivity contribution in [3.63, 3.8) is 0 Å². The van der Waals surface area contributed by atoms with E-state index in [1.54, 1.807) is 0 Å². The highest BCUT2D eigenvalue weighted by atomic mass is 31.2. The van der Waals surface area contributed by atoms with Crippen LogP contribution < -0.4 is 10.8 Å². The van der Waals surface area contributed by atoms with Crippen LogP contribution in [0.5, 0.6) is 5.88 Å². The molecule has 0 saturated carbocycles. The van der Waals surface area contributed by atoms with E-state index < -0.39 is 44.8 Å². The molecule has 2 aromatic rings. The monoisotopic (exact) mass is 586 g/mol. The van der Waals surface area contributed by atoms with Gasteiger partial charge in [0.2, 0.25) is 5.95 Å². The van der Waals surface area contributed by atoms with Gasteiger partial charge in [0.05, 0.1) is 19.5 Å². The molecule has 228 valence electrons. The number of nitrogens with two attached hydrogens (primary N) is 1. The third-order valence-electron chi connectivity index (χ3n) is 7.17. The highest BCUT2D eigenvalue weighted by molar-refractivity contribution is 7.47. The van der Waals surface area contributed by atoms with E-state index in [-0.39, 0.29) is 23.7 Å². The smallest absolute Gasteiger partial charge is 0.472 e. The Labute approximate surface area is 235 Å². The van der Waals surface area contributed by atoms with Gasteiger partial charge in [-0.15, -0.1) is 0 Å². The van der Waals surface area contributed by atoms with Crippen molar-refractivity contribution < 1.29 is 38.6 Å². The topological polar surface area (TPSA) is 198 Å². The second-order valence-corrected chi connectivity index (χ2v) is 11.9. The van der Waals surface area contributed by atoms with Gasteiger partial charge in [-0.3, -0.25) is 13.6 Å². The zero-order valence-electron chi connectivity index (χ0n) is 23.4. The average Bonchev–Trinajstić information content (AvgIpc) is 3.45. The van der Waals surface area contributed by atoms with Crippen molar-refractivity contribution in [2.75, 3.05) is 18.9 Å². The summed E-state index contributed by atoms with van der Waals surface area (Å²) in [5.74, 6) is -0.962. The molecule has 1 fully saturated rings. The van der Waals surface area contributed by atoms with Crippen LogP contribution in [0.1, 0.15) is 103 Å². The van der Waals surface area contributed by atoms with Gasteiger partial charge < -0.3 is 30.7 Å². The van der Waals surface area contributed by atoms with Crippen LogP contribution in [0, 0.1) is 0 Å². The number of anilines is 1. The number of aromatic nitrogens is 4. The van der Waals surface area contributed by atoms with Crippen LogP contribution in [-0.2, 0) is 18.3 Å². The summed E-state index contributed by atoms with van der Waals surface area (Å²) in [7, 11) is -4.38. The van der Waals surface area contributed by atoms with Crippen molar-refractivity contribution in [3.05, 3.63) is 6.33 Å². The van der Waals surface area contributed by atoms with Crippen molar-refractivity contribution in [3.8, 4) is 5.88 Å². The molecule has 3 heterocycles. The molecule has 5 N–H and O–H groups in total. The molecule has 13 nitrogen and oxygen atoms in total. The number of fused-ring (bicyclic) bond motifs is 1. The number of hydrogen-bond donors (Lipinski definition) is 4. The summed E-state index contributed by atoms with van der Waals surface area (Å²) in [5.41, 5.74) is 5.50. The number of rotatable bonds is 20. The van der Waals surface area contributed by atoms with Crippen LogP contribution in [0.4, 0.5) is 5.95 Å². The fraction of sp³-hybridized carbons (Fsp3) is 0.808. The van der Waals surface area contributed by atoms with E-state index >= 15 is 0 Å². The van der Waals surface area contributed by atoms with Gasteiger partial charge in [-0.2, -0.15) is 4.98 Å². The summed E-state index contributed by atoms with van der Waals surface area (Å²) in [6, 6.07) is 0. The van der Waals surface area contributed by atoms with E-state index in [1.165, 1.54) is 75.1 Å². The van der Waals surface area contributed by atoms with E-state index in [2.05, 4.69) is 21.9 Å². The molecule has 0 aliphatic carbocycles. The zero-order valence-corrected chi connectivity index (χ0v) is 24.3. The molecule has 0 spiro atoms. The number of nitrogen functional groups attached to an aromatic ring is 1. The first-order valence-corrected chi connectivity index (χ1v) is 16.0. The quantitative estimate of drug-likeness (QED) is 0.130. The van der Waals surface area contributed by atoms with Crippen molar-refractivity contribution in [2.45, 2.75) is 121 Å². The molecule has 0 amide bonds. The molecule has 1 aliphatic heterocycles. The molecule has 1 unspecified atom stereocenters. The predicted molar refractivity (Wildman–Crippen MR) is 147 cm³/mol. The van der Waals surface area contributed by atoms with Gasteiger partial charge in [-0.05, 0) is 6.42 Å². The van der Waals surface area contributed by atoms with Crippen LogP contribution >= 0.6 is 7.82 Å². The minimum Gasteiger partial charge on any atom is -0.857 e. The van der Waals surface area contributed by atoms with Crippen molar-refractivity contribution >= 4 is 24.9 Å². The maximum atomic E-state index is 12.3. The van der Waals surface area contributed by atoms with E-state index in [1.807, 2.05) is 0 Å². The molecular weight excluding hydrogens is 541 g/mol. The molecule has 3 rings (SSSR count). The van der Waals surface area contributed by atoms with E-state index in [0.29, 0.717) is 6.42 Å². The van der Waals surface area contributed by atoms with E-state index in [9.17, 15) is 24.8 Å². The van der Waals surface area contributed by atoms with Crippen molar-refractivity contribution in [1.82, 2.24) is 19.5 Å². The SMILES string of the molecule is CCCCCCCCCCCCCCCCOP(=O)(O)OC[C@H]1O[C@@H](n2cnc3c([O-])nc(N)nc32)[C@H](O)[C@@H]1O. The van der Waals surface area contributed by atoms with Crippen molar-refractivity contribution in [1.29, 1.82) is 0 Å². The number of phosphoric ester groups is 1. The highest BCUT2D eigenvalue weighted by Gasteiger charge is 2.45. The Balaban J connectivity index is 1.28. The Bertz CT molecular complexity index is 1070. The normalized spacial score (nSPS) is 22.7. The lowest BCUT2D eigenvalue weighted by atomic mass is 10.0. The summed E-state index contributed by atoms with van der Waals surface area (Å²) in [5, 5.41) is 32.8. The van der Waals surface area contributed by atoms with Gasteiger partial charge in [-0.25, -0.2) is 14.5 Å². The van der Waals surface area contributed by atoms with Crippen LogP contribution in [0.3, 0.4) is 0 Å². The number of phosphoric acid groups is 1. The average molecular weight is 587 g/mol. The molecule has 1 saturated heterocycles. The molecule has 40 heavy (non-hydrogen) atoms. The maximum Gasteiger partial charge on any atom is 0.472 e. The van der Waals surface area contributed by atoms with Crippen LogP contribution in [0.2, 0.25) is 0 Å². The Hall–Kier alpha value is -1.86. The standard InChI is InChI=1S/C26H46N5O8P/c1-2-3-4-5-6-7-8-9-10-11-12-13-14-15-16-37-40(35,36)38-17-19-21(32)22(33)25(39-19)31-18-28-20-23(31)29-26(27)30-24(20)34/h18-19,21-22,25,32-33H,2-17H2,1H3,(H,35,36)(H3,27,29,30,34)/p-1/t19-,21-,22-,25-/m1/s1. The van der Waals surface area contributed by atoms with Gasteiger partial charge in [0, 0.05) is 5.88 Å². The third-order valence-corrected chi connectivity index (χ3v) is 8.16. The van der Waals surface area contributed by atoms with Gasteiger partial charge in [-0.1, -0.05) is 90.4 Å². The molecule has 14 heteroatoms. The van der Waals surface area contributed by atoms with E-state index in [0.717, 1.165) is 19.3 Å². The van der Waals surface area contributed by atoms with Crippen LogP contribution in [-0.4, -0.2) is 66.2 Å². The number of ether oxygens (including phenoxy) is 1. The molecule has 0 bridgehead atoms. The molecule has 5 atom stereocenters. The Morgan fingerprint density at radius 2 is 1.52 bits per heavy atom. The Kier molecular flexibility index (Phi) is 13.5. The van der Waals surface area contributed by atoms with Gasteiger partial charge in [0.15, 0.2) is 11.9 Å². The first kappa shape index (κ1) is 32.7. The molecular formula is C26H45N5O8P-. The minimum absolute atomic E-state index is 0.0275. The second-order valence-electron chi connectivity index (χ2n) is 10.5. The number of imidazole rings is 1. The Morgan fingerprint density at radius 3 is 2.12 bits per heavy atom. The van der Waals surface area contributed by atoms with Gasteiger partial charge in [0.1, 0.15) is 23.8 Å². The number of aliphatic hydroxyl groups is 2. The number of aliphatic hydroxyl groups excluding tert-OH is 2. The van der Waals surface area contributed by atoms with Crippen molar-refractivity contribution in [2.24, 2.45) is 0 Å². The summed E-state index contributed by atoms with van der Waals surface area (Å²) in [6.45, 7) is 1.81. The fourth-order valence-corrected chi connectivity index (χ4v) is 5.64. The van der Waals surface area contributed by atoms with Gasteiger partial charge in [0.25, 0.3) is 0 Å². The maximum absolute atomic E-state index is 12.3. The number of unbranched alkanes of at least 4 members (excludes halogenated alkanes) is 13.